The standard InChI is InChI=1S/C28H35ClN2O3S/c1-4-6-8-9-11-21-12-13-22(26(29)17-21)18-24-20(3)30-27-15-14-23(19-25(24)27)28(32)31-35(33,34)16-10-7-5-2/h9,11-15,17,19,30H,4-8,10,16,18H2,1-3H3,(H,31,32)/b11-9+. The van der Waals surface area contributed by atoms with Crippen LogP contribution in [0.3, 0.4) is 0 Å². The van der Waals surface area contributed by atoms with E-state index in [9.17, 15) is 13.2 Å². The van der Waals surface area contributed by atoms with Gasteiger partial charge >= 0.3 is 0 Å². The van der Waals surface area contributed by atoms with Gasteiger partial charge in [-0.2, -0.15) is 0 Å². The lowest BCUT2D eigenvalue weighted by molar-refractivity contribution is 0.0981. The van der Waals surface area contributed by atoms with Gasteiger partial charge in [-0.1, -0.05) is 75.4 Å². The smallest absolute Gasteiger partial charge is 0.264 e. The summed E-state index contributed by atoms with van der Waals surface area (Å²) in [6.07, 6.45) is 10.5. The molecule has 1 amide bonds. The summed E-state index contributed by atoms with van der Waals surface area (Å²) in [4.78, 5) is 16.1. The van der Waals surface area contributed by atoms with Crippen molar-refractivity contribution in [3.63, 3.8) is 0 Å². The van der Waals surface area contributed by atoms with Gasteiger partial charge in [0, 0.05) is 33.6 Å². The number of allylic oxidation sites excluding steroid dienone is 1. The molecule has 1 aromatic heterocycles. The van der Waals surface area contributed by atoms with E-state index in [1.54, 1.807) is 12.1 Å². The van der Waals surface area contributed by atoms with E-state index < -0.39 is 15.9 Å². The highest BCUT2D eigenvalue weighted by atomic mass is 35.5. The first-order chi connectivity index (χ1) is 16.7. The van der Waals surface area contributed by atoms with Crippen molar-refractivity contribution in [1.82, 2.24) is 9.71 Å². The predicted octanol–water partition coefficient (Wildman–Crippen LogP) is 7.17. The van der Waals surface area contributed by atoms with E-state index >= 15 is 0 Å². The Kier molecular flexibility index (Phi) is 9.58. The lowest BCUT2D eigenvalue weighted by Crippen LogP contribution is -2.32. The van der Waals surface area contributed by atoms with Crippen LogP contribution in [0.15, 0.2) is 42.5 Å². The number of halogens is 1. The second kappa shape index (κ2) is 12.4. The van der Waals surface area contributed by atoms with Gasteiger partial charge in [-0.05, 0) is 60.7 Å². The summed E-state index contributed by atoms with van der Waals surface area (Å²) in [5.41, 5.74) is 5.30. The lowest BCUT2D eigenvalue weighted by Gasteiger charge is -2.08. The quantitative estimate of drug-likeness (QED) is 0.251. The zero-order valence-electron chi connectivity index (χ0n) is 20.8. The molecule has 0 spiro atoms. The molecule has 3 aromatic rings. The number of carbonyl (C=O) groups is 1. The number of fused-ring (bicyclic) bond motifs is 1. The Balaban J connectivity index is 1.81. The molecule has 0 unspecified atom stereocenters. The van der Waals surface area contributed by atoms with E-state index in [2.05, 4.69) is 34.8 Å². The highest BCUT2D eigenvalue weighted by molar-refractivity contribution is 7.90. The molecule has 0 aliphatic rings. The largest absolute Gasteiger partial charge is 0.358 e. The van der Waals surface area contributed by atoms with Crippen LogP contribution in [-0.4, -0.2) is 25.1 Å². The lowest BCUT2D eigenvalue weighted by atomic mass is 9.99. The molecule has 0 saturated heterocycles. The Morgan fingerprint density at radius 3 is 2.54 bits per heavy atom. The number of sulfonamides is 1. The van der Waals surface area contributed by atoms with Crippen molar-refractivity contribution in [2.24, 2.45) is 0 Å². The molecular formula is C28H35ClN2O3S. The number of amides is 1. The second-order valence-corrected chi connectivity index (χ2v) is 11.3. The Labute approximate surface area is 214 Å². The molecule has 0 aliphatic heterocycles. The zero-order valence-corrected chi connectivity index (χ0v) is 22.4. The van der Waals surface area contributed by atoms with Crippen LogP contribution in [0, 0.1) is 6.92 Å². The Morgan fingerprint density at radius 1 is 1.06 bits per heavy atom. The summed E-state index contributed by atoms with van der Waals surface area (Å²) in [6.45, 7) is 6.17. The van der Waals surface area contributed by atoms with E-state index in [0.717, 1.165) is 52.5 Å². The fourth-order valence-corrected chi connectivity index (χ4v) is 5.43. The molecule has 1 heterocycles. The van der Waals surface area contributed by atoms with Crippen LogP contribution < -0.4 is 4.72 Å². The molecule has 0 bridgehead atoms. The first-order valence-electron chi connectivity index (χ1n) is 12.3. The number of carbonyl (C=O) groups excluding carboxylic acids is 1. The molecule has 7 heteroatoms. The van der Waals surface area contributed by atoms with E-state index in [0.29, 0.717) is 23.4 Å². The maximum Gasteiger partial charge on any atom is 0.264 e. The summed E-state index contributed by atoms with van der Waals surface area (Å²) < 4.78 is 26.7. The van der Waals surface area contributed by atoms with E-state index in [4.69, 9.17) is 11.6 Å². The van der Waals surface area contributed by atoms with Gasteiger partial charge < -0.3 is 4.98 Å². The molecule has 0 aliphatic carbocycles. The first-order valence-corrected chi connectivity index (χ1v) is 14.4. The van der Waals surface area contributed by atoms with Crippen molar-refractivity contribution in [1.29, 1.82) is 0 Å². The highest BCUT2D eigenvalue weighted by Gasteiger charge is 2.18. The third-order valence-corrected chi connectivity index (χ3v) is 7.80. The molecule has 188 valence electrons. The Morgan fingerprint density at radius 2 is 1.83 bits per heavy atom. The van der Waals surface area contributed by atoms with Gasteiger partial charge in [-0.3, -0.25) is 4.79 Å². The number of unbranched alkanes of at least 4 members (excludes halogenated alkanes) is 4. The van der Waals surface area contributed by atoms with E-state index in [-0.39, 0.29) is 5.75 Å². The molecule has 0 saturated carbocycles. The number of aromatic amines is 1. The molecule has 0 atom stereocenters. The topological polar surface area (TPSA) is 79.0 Å². The SMILES string of the molecule is CCCC/C=C/c1ccc(Cc2c(C)[nH]c3ccc(C(=O)NS(=O)(=O)CCCCC)cc23)c(Cl)c1. The molecule has 2 aromatic carbocycles. The number of aromatic nitrogens is 1. The molecule has 3 rings (SSSR count). The van der Waals surface area contributed by atoms with Crippen LogP contribution in [0.25, 0.3) is 17.0 Å². The minimum atomic E-state index is -3.66. The van der Waals surface area contributed by atoms with Gasteiger partial charge in [0.1, 0.15) is 0 Å². The summed E-state index contributed by atoms with van der Waals surface area (Å²) in [5, 5.41) is 1.58. The first kappa shape index (κ1) is 27.0. The normalized spacial score (nSPS) is 12.0. The van der Waals surface area contributed by atoms with Gasteiger partial charge in [0.25, 0.3) is 5.91 Å². The number of rotatable bonds is 12. The van der Waals surface area contributed by atoms with Crippen LogP contribution in [0.1, 0.15) is 85.1 Å². The third-order valence-electron chi connectivity index (χ3n) is 6.13. The maximum absolute atomic E-state index is 12.7. The second-order valence-electron chi connectivity index (χ2n) is 9.02. The predicted molar refractivity (Wildman–Crippen MR) is 147 cm³/mol. The summed E-state index contributed by atoms with van der Waals surface area (Å²) in [7, 11) is -3.66. The monoisotopic (exact) mass is 514 g/mol. The number of H-pyrrole nitrogens is 1. The zero-order chi connectivity index (χ0) is 25.4. The molecule has 0 radical (unpaired) electrons. The highest BCUT2D eigenvalue weighted by Crippen LogP contribution is 2.29. The van der Waals surface area contributed by atoms with Crippen LogP contribution in [0.4, 0.5) is 0 Å². The molecule has 2 N–H and O–H groups in total. The number of hydrogen-bond acceptors (Lipinski definition) is 3. The van der Waals surface area contributed by atoms with Crippen molar-refractivity contribution < 1.29 is 13.2 Å². The number of nitrogens with one attached hydrogen (secondary N) is 2. The van der Waals surface area contributed by atoms with Gasteiger partial charge in [-0.15, -0.1) is 0 Å². The van der Waals surface area contributed by atoms with Gasteiger partial charge in [-0.25, -0.2) is 13.1 Å². The Bertz CT molecular complexity index is 1310. The number of benzene rings is 2. The summed E-state index contributed by atoms with van der Waals surface area (Å²) in [6, 6.07) is 11.3. The van der Waals surface area contributed by atoms with Crippen LogP contribution in [0.5, 0.6) is 0 Å². The van der Waals surface area contributed by atoms with Crippen molar-refractivity contribution in [2.75, 3.05) is 5.75 Å². The van der Waals surface area contributed by atoms with Crippen LogP contribution in [-0.2, 0) is 16.4 Å². The molecule has 0 fully saturated rings. The molecular weight excluding hydrogens is 480 g/mol. The van der Waals surface area contributed by atoms with Crippen molar-refractivity contribution in [3.8, 4) is 0 Å². The van der Waals surface area contributed by atoms with Gasteiger partial charge in [0.05, 0.1) is 5.75 Å². The number of aryl methyl sites for hydroxylation is 1. The minimum absolute atomic E-state index is 0.0500. The van der Waals surface area contributed by atoms with Gasteiger partial charge in [0.15, 0.2) is 0 Å². The van der Waals surface area contributed by atoms with E-state index in [1.165, 1.54) is 12.8 Å². The van der Waals surface area contributed by atoms with Gasteiger partial charge in [0.2, 0.25) is 10.0 Å². The minimum Gasteiger partial charge on any atom is -0.358 e. The fourth-order valence-electron chi connectivity index (χ4n) is 4.09. The van der Waals surface area contributed by atoms with Crippen LogP contribution in [0.2, 0.25) is 5.02 Å². The third kappa shape index (κ3) is 7.45. The van der Waals surface area contributed by atoms with Crippen molar-refractivity contribution >= 4 is 44.5 Å². The maximum atomic E-state index is 12.7. The van der Waals surface area contributed by atoms with E-state index in [1.807, 2.05) is 32.0 Å². The Hall–Kier alpha value is -2.57. The summed E-state index contributed by atoms with van der Waals surface area (Å²) in [5.74, 6) is -0.656. The fraction of sp³-hybridized carbons (Fsp3) is 0.393. The van der Waals surface area contributed by atoms with Crippen molar-refractivity contribution in [3.05, 3.63) is 75.4 Å². The molecule has 5 nitrogen and oxygen atoms in total. The van der Waals surface area contributed by atoms with Crippen LogP contribution >= 0.6 is 11.6 Å². The van der Waals surface area contributed by atoms with Crippen molar-refractivity contribution in [2.45, 2.75) is 65.7 Å². The number of hydrogen-bond donors (Lipinski definition) is 2. The average molecular weight is 515 g/mol. The average Bonchev–Trinajstić information content (AvgIpc) is 3.12. The summed E-state index contributed by atoms with van der Waals surface area (Å²) >= 11 is 6.62. The molecule has 35 heavy (non-hydrogen) atoms.